The molecule has 1 rings (SSSR count). The van der Waals surface area contributed by atoms with Crippen LogP contribution in [0.5, 0.6) is 5.75 Å². The van der Waals surface area contributed by atoms with Crippen molar-refractivity contribution in [1.29, 1.82) is 0 Å². The number of ether oxygens (including phenoxy) is 1. The summed E-state index contributed by atoms with van der Waals surface area (Å²) in [6.07, 6.45) is 4.76. The molecular weight excluding hydrogens is 338 g/mol. The van der Waals surface area contributed by atoms with Gasteiger partial charge in [-0.25, -0.2) is 0 Å². The molecular formula is C16H25BrClNO. The zero-order valence-electron chi connectivity index (χ0n) is 12.6. The van der Waals surface area contributed by atoms with Gasteiger partial charge >= 0.3 is 0 Å². The number of nitrogens with one attached hydrogen (secondary N) is 1. The van der Waals surface area contributed by atoms with E-state index in [9.17, 15) is 0 Å². The molecule has 0 saturated carbocycles. The largest absolute Gasteiger partial charge is 0.492 e. The van der Waals surface area contributed by atoms with Crippen LogP contribution in [0.15, 0.2) is 22.7 Å². The van der Waals surface area contributed by atoms with Crippen LogP contribution in [0.2, 0.25) is 5.02 Å². The highest BCUT2D eigenvalue weighted by Crippen LogP contribution is 2.28. The molecule has 0 aliphatic rings. The fourth-order valence-electron chi connectivity index (χ4n) is 1.82. The van der Waals surface area contributed by atoms with E-state index in [0.29, 0.717) is 0 Å². The zero-order chi connectivity index (χ0) is 15.0. The van der Waals surface area contributed by atoms with Gasteiger partial charge in [0, 0.05) is 10.6 Å². The fraction of sp³-hybridized carbons (Fsp3) is 0.625. The molecule has 114 valence electrons. The van der Waals surface area contributed by atoms with Crippen LogP contribution in [0.4, 0.5) is 0 Å². The van der Waals surface area contributed by atoms with Crippen molar-refractivity contribution in [3.8, 4) is 5.75 Å². The van der Waals surface area contributed by atoms with Gasteiger partial charge in [0.1, 0.15) is 5.75 Å². The van der Waals surface area contributed by atoms with Gasteiger partial charge in [-0.3, -0.25) is 0 Å². The predicted molar refractivity (Wildman–Crippen MR) is 90.9 cm³/mol. The summed E-state index contributed by atoms with van der Waals surface area (Å²) in [4.78, 5) is 0. The van der Waals surface area contributed by atoms with Crippen LogP contribution in [-0.2, 0) is 0 Å². The van der Waals surface area contributed by atoms with Crippen LogP contribution in [0.1, 0.15) is 46.5 Å². The van der Waals surface area contributed by atoms with E-state index >= 15 is 0 Å². The number of unbranched alkanes of at least 4 members (excludes halogenated alkanes) is 3. The normalized spacial score (nSPS) is 11.7. The van der Waals surface area contributed by atoms with Crippen LogP contribution in [-0.4, -0.2) is 18.7 Å². The summed E-state index contributed by atoms with van der Waals surface area (Å²) in [5.41, 5.74) is 0.226. The molecule has 0 unspecified atom stereocenters. The van der Waals surface area contributed by atoms with E-state index in [1.165, 1.54) is 19.3 Å². The van der Waals surface area contributed by atoms with Crippen molar-refractivity contribution >= 4 is 27.5 Å². The van der Waals surface area contributed by atoms with E-state index < -0.39 is 0 Å². The van der Waals surface area contributed by atoms with Crippen LogP contribution < -0.4 is 10.1 Å². The van der Waals surface area contributed by atoms with E-state index in [-0.39, 0.29) is 5.54 Å². The predicted octanol–water partition coefficient (Wildman–Crippen LogP) is 5.43. The first kappa shape index (κ1) is 17.8. The molecule has 20 heavy (non-hydrogen) atoms. The summed E-state index contributed by atoms with van der Waals surface area (Å²) in [7, 11) is 0. The van der Waals surface area contributed by atoms with Crippen LogP contribution in [0.3, 0.4) is 0 Å². The molecule has 0 aliphatic carbocycles. The van der Waals surface area contributed by atoms with Crippen molar-refractivity contribution in [2.24, 2.45) is 0 Å². The third-order valence-corrected chi connectivity index (χ3v) is 3.73. The zero-order valence-corrected chi connectivity index (χ0v) is 15.0. The maximum atomic E-state index is 5.89. The first-order valence-electron chi connectivity index (χ1n) is 7.21. The summed E-state index contributed by atoms with van der Waals surface area (Å²) in [6, 6.07) is 5.61. The molecule has 0 atom stereocenters. The van der Waals surface area contributed by atoms with E-state index in [0.717, 1.165) is 34.8 Å². The van der Waals surface area contributed by atoms with Gasteiger partial charge in [0.05, 0.1) is 11.1 Å². The lowest BCUT2D eigenvalue weighted by Gasteiger charge is -2.20. The number of halogens is 2. The second-order valence-electron chi connectivity index (χ2n) is 6.01. The molecule has 1 aromatic rings. The molecule has 1 N–H and O–H groups in total. The Hall–Kier alpha value is -0.250. The Kier molecular flexibility index (Phi) is 7.93. The van der Waals surface area contributed by atoms with Crippen LogP contribution >= 0.6 is 27.5 Å². The third-order valence-electron chi connectivity index (χ3n) is 2.88. The summed E-state index contributed by atoms with van der Waals surface area (Å²) in [5, 5.41) is 4.22. The van der Waals surface area contributed by atoms with Crippen molar-refractivity contribution in [1.82, 2.24) is 5.32 Å². The lowest BCUT2D eigenvalue weighted by atomic mass is 10.1. The highest BCUT2D eigenvalue weighted by Gasteiger charge is 2.06. The molecule has 0 heterocycles. The topological polar surface area (TPSA) is 21.3 Å². The Labute approximate surface area is 136 Å². The lowest BCUT2D eigenvalue weighted by molar-refractivity contribution is 0.302. The Morgan fingerprint density at radius 3 is 2.50 bits per heavy atom. The Morgan fingerprint density at radius 2 is 1.85 bits per heavy atom. The number of hydrogen-bond donors (Lipinski definition) is 1. The van der Waals surface area contributed by atoms with E-state index in [1.54, 1.807) is 0 Å². The van der Waals surface area contributed by atoms with Gasteiger partial charge in [0.2, 0.25) is 0 Å². The minimum Gasteiger partial charge on any atom is -0.492 e. The maximum absolute atomic E-state index is 5.89. The van der Waals surface area contributed by atoms with E-state index in [1.807, 2.05) is 18.2 Å². The van der Waals surface area contributed by atoms with Crippen molar-refractivity contribution in [2.45, 2.75) is 52.0 Å². The van der Waals surface area contributed by atoms with E-state index in [4.69, 9.17) is 16.3 Å². The molecule has 2 nitrogen and oxygen atoms in total. The smallest absolute Gasteiger partial charge is 0.133 e. The van der Waals surface area contributed by atoms with Crippen LogP contribution in [0, 0.1) is 0 Å². The second-order valence-corrected chi connectivity index (χ2v) is 7.30. The summed E-state index contributed by atoms with van der Waals surface area (Å²) >= 11 is 9.34. The average Bonchev–Trinajstić information content (AvgIpc) is 2.33. The van der Waals surface area contributed by atoms with Crippen molar-refractivity contribution in [3.05, 3.63) is 27.7 Å². The van der Waals surface area contributed by atoms with Gasteiger partial charge in [-0.1, -0.05) is 24.4 Å². The molecule has 0 spiro atoms. The highest BCUT2D eigenvalue weighted by molar-refractivity contribution is 9.10. The van der Waals surface area contributed by atoms with Gasteiger partial charge in [-0.2, -0.15) is 0 Å². The van der Waals surface area contributed by atoms with Crippen molar-refractivity contribution < 1.29 is 4.74 Å². The molecule has 0 saturated heterocycles. The third kappa shape index (κ3) is 8.13. The SMILES string of the molecule is CC(C)(C)NCCCCCCOc1ccc(Cl)cc1Br. The van der Waals surface area contributed by atoms with Gasteiger partial charge in [-0.05, 0) is 74.3 Å². The second kappa shape index (κ2) is 8.91. The highest BCUT2D eigenvalue weighted by atomic mass is 79.9. The number of rotatable bonds is 8. The average molecular weight is 363 g/mol. The number of hydrogen-bond acceptors (Lipinski definition) is 2. The Morgan fingerprint density at radius 1 is 1.15 bits per heavy atom. The minimum atomic E-state index is 0.226. The maximum Gasteiger partial charge on any atom is 0.133 e. The fourth-order valence-corrected chi connectivity index (χ4v) is 2.62. The van der Waals surface area contributed by atoms with Crippen LogP contribution in [0.25, 0.3) is 0 Å². The molecule has 0 aliphatic heterocycles. The van der Waals surface area contributed by atoms with Gasteiger partial charge in [-0.15, -0.1) is 0 Å². The molecule has 4 heteroatoms. The number of benzene rings is 1. The Bertz CT molecular complexity index is 404. The Balaban J connectivity index is 2.05. The molecule has 0 bridgehead atoms. The molecule has 0 aromatic heterocycles. The monoisotopic (exact) mass is 361 g/mol. The molecule has 0 fully saturated rings. The quantitative estimate of drug-likeness (QED) is 0.623. The summed E-state index contributed by atoms with van der Waals surface area (Å²) in [6.45, 7) is 8.44. The standard InChI is InChI=1S/C16H25BrClNO/c1-16(2,3)19-10-6-4-5-7-11-20-15-9-8-13(18)12-14(15)17/h8-9,12,19H,4-7,10-11H2,1-3H3. The first-order chi connectivity index (χ1) is 9.38. The minimum absolute atomic E-state index is 0.226. The van der Waals surface area contributed by atoms with Crippen molar-refractivity contribution in [2.75, 3.05) is 13.2 Å². The van der Waals surface area contributed by atoms with Gasteiger partial charge in [0.15, 0.2) is 0 Å². The van der Waals surface area contributed by atoms with Gasteiger partial charge in [0.25, 0.3) is 0 Å². The molecule has 1 aromatic carbocycles. The molecule has 0 radical (unpaired) electrons. The van der Waals surface area contributed by atoms with E-state index in [2.05, 4.69) is 42.0 Å². The summed E-state index contributed by atoms with van der Waals surface area (Å²) < 4.78 is 6.65. The molecule has 0 amide bonds. The van der Waals surface area contributed by atoms with Gasteiger partial charge < -0.3 is 10.1 Å². The van der Waals surface area contributed by atoms with Crippen molar-refractivity contribution in [3.63, 3.8) is 0 Å². The summed E-state index contributed by atoms with van der Waals surface area (Å²) in [5.74, 6) is 0.865. The first-order valence-corrected chi connectivity index (χ1v) is 8.38. The lowest BCUT2D eigenvalue weighted by Crippen LogP contribution is -2.36.